The first-order valence-electron chi connectivity index (χ1n) is 7.33. The van der Waals surface area contributed by atoms with Crippen LogP contribution in [0.4, 0.5) is 0 Å². The number of nitrogens with zero attached hydrogens (tertiary/aromatic N) is 3. The minimum absolute atomic E-state index is 0.125. The first-order valence-corrected chi connectivity index (χ1v) is 7.33. The molecule has 0 atom stereocenters. The van der Waals surface area contributed by atoms with Crippen LogP contribution in [-0.4, -0.2) is 19.9 Å². The number of ether oxygens (including phenoxy) is 1. The van der Waals surface area contributed by atoms with Crippen molar-refractivity contribution in [2.24, 2.45) is 0 Å². The molecule has 7 heteroatoms. The van der Waals surface area contributed by atoms with Gasteiger partial charge in [0.25, 0.3) is 11.1 Å². The third-order valence-electron chi connectivity index (χ3n) is 3.44. The molecule has 122 valence electrons. The van der Waals surface area contributed by atoms with Crippen molar-refractivity contribution in [3.05, 3.63) is 80.8 Å². The van der Waals surface area contributed by atoms with E-state index in [2.05, 4.69) is 4.98 Å². The van der Waals surface area contributed by atoms with Crippen molar-refractivity contribution >= 4 is 11.6 Å². The second-order valence-corrected chi connectivity index (χ2v) is 5.35. The van der Waals surface area contributed by atoms with E-state index >= 15 is 0 Å². The fourth-order valence-corrected chi connectivity index (χ4v) is 2.26. The first-order chi connectivity index (χ1) is 11.5. The third-order valence-corrected chi connectivity index (χ3v) is 3.44. The van der Waals surface area contributed by atoms with Crippen LogP contribution in [-0.2, 0) is 22.7 Å². The molecule has 0 aliphatic rings. The molecule has 7 nitrogen and oxygen atoms in total. The van der Waals surface area contributed by atoms with Crippen LogP contribution in [0.2, 0.25) is 0 Å². The second kappa shape index (κ2) is 6.49. The minimum atomic E-state index is -0.575. The lowest BCUT2D eigenvalue weighted by Gasteiger charge is -2.07. The first kappa shape index (κ1) is 15.7. The molecule has 0 N–H and O–H groups in total. The van der Waals surface area contributed by atoms with Crippen LogP contribution < -0.4 is 11.1 Å². The fraction of sp³-hybridized carbons (Fsp3) is 0.176. The van der Waals surface area contributed by atoms with Crippen molar-refractivity contribution in [3.8, 4) is 0 Å². The highest BCUT2D eigenvalue weighted by molar-refractivity contribution is 5.69. The van der Waals surface area contributed by atoms with E-state index in [9.17, 15) is 14.4 Å². The largest absolute Gasteiger partial charge is 0.458 e. The number of hydrogen-bond acceptors (Lipinski definition) is 5. The van der Waals surface area contributed by atoms with E-state index in [0.717, 1.165) is 5.56 Å². The lowest BCUT2D eigenvalue weighted by atomic mass is 10.3. The third kappa shape index (κ3) is 3.40. The van der Waals surface area contributed by atoms with Crippen LogP contribution in [0.15, 0.2) is 58.4 Å². The molecule has 0 aliphatic carbocycles. The fourth-order valence-electron chi connectivity index (χ4n) is 2.26. The molecule has 24 heavy (non-hydrogen) atoms. The molecule has 0 radical (unpaired) electrons. The average molecular weight is 325 g/mol. The van der Waals surface area contributed by atoms with Crippen molar-refractivity contribution in [1.29, 1.82) is 0 Å². The van der Waals surface area contributed by atoms with E-state index in [1.54, 1.807) is 24.4 Å². The second-order valence-electron chi connectivity index (χ2n) is 5.35. The van der Waals surface area contributed by atoms with Gasteiger partial charge in [0.2, 0.25) is 0 Å². The Morgan fingerprint density at radius 1 is 1.17 bits per heavy atom. The smallest absolute Gasteiger partial charge is 0.326 e. The van der Waals surface area contributed by atoms with Crippen LogP contribution in [0.25, 0.3) is 5.65 Å². The van der Waals surface area contributed by atoms with Gasteiger partial charge in [-0.2, -0.15) is 0 Å². The van der Waals surface area contributed by atoms with Gasteiger partial charge in [0.1, 0.15) is 18.8 Å². The van der Waals surface area contributed by atoms with Crippen molar-refractivity contribution < 1.29 is 9.53 Å². The maximum absolute atomic E-state index is 12.1. The SMILES string of the molecule is Cc1ccc2nc(COC(=O)Cn3ccccc3=O)cc(=O)n2c1. The number of hydrogen-bond donors (Lipinski definition) is 0. The maximum atomic E-state index is 12.1. The average Bonchev–Trinajstić information content (AvgIpc) is 2.56. The van der Waals surface area contributed by atoms with Gasteiger partial charge >= 0.3 is 5.97 Å². The van der Waals surface area contributed by atoms with Crippen molar-refractivity contribution in [3.63, 3.8) is 0 Å². The number of carbonyl (C=O) groups is 1. The molecule has 0 saturated heterocycles. The standard InChI is InChI=1S/C17H15N3O4/c1-12-5-6-14-18-13(8-16(22)20(14)9-12)11-24-17(23)10-19-7-3-2-4-15(19)21/h2-9H,10-11H2,1H3. The molecular weight excluding hydrogens is 310 g/mol. The molecule has 0 aromatic carbocycles. The Labute approximate surface area is 136 Å². The van der Waals surface area contributed by atoms with Crippen LogP contribution in [0.5, 0.6) is 0 Å². The van der Waals surface area contributed by atoms with E-state index in [0.29, 0.717) is 11.3 Å². The Bertz CT molecular complexity index is 1020. The number of aromatic nitrogens is 3. The van der Waals surface area contributed by atoms with E-state index in [4.69, 9.17) is 4.74 Å². The van der Waals surface area contributed by atoms with E-state index in [-0.39, 0.29) is 24.3 Å². The summed E-state index contributed by atoms with van der Waals surface area (Å²) in [5.74, 6) is -0.575. The topological polar surface area (TPSA) is 82.7 Å². The molecule has 0 amide bonds. The Hall–Kier alpha value is -3.22. The van der Waals surface area contributed by atoms with Gasteiger partial charge in [0.05, 0.1) is 5.69 Å². The van der Waals surface area contributed by atoms with Crippen molar-refractivity contribution in [2.75, 3.05) is 0 Å². The Morgan fingerprint density at radius 3 is 2.79 bits per heavy atom. The molecule has 0 spiro atoms. The molecule has 3 heterocycles. The Morgan fingerprint density at radius 2 is 2.00 bits per heavy atom. The summed E-state index contributed by atoms with van der Waals surface area (Å²) >= 11 is 0. The van der Waals surface area contributed by atoms with Gasteiger partial charge in [-0.1, -0.05) is 12.1 Å². The summed E-state index contributed by atoms with van der Waals surface area (Å²) in [6.45, 7) is 1.57. The van der Waals surface area contributed by atoms with Crippen LogP contribution >= 0.6 is 0 Å². The van der Waals surface area contributed by atoms with Crippen LogP contribution in [0, 0.1) is 6.92 Å². The highest BCUT2D eigenvalue weighted by atomic mass is 16.5. The number of carbonyl (C=O) groups excluding carboxylic acids is 1. The zero-order chi connectivity index (χ0) is 17.1. The molecule has 3 aromatic heterocycles. The van der Waals surface area contributed by atoms with Gasteiger partial charge in [0.15, 0.2) is 0 Å². The Kier molecular flexibility index (Phi) is 4.24. The molecule has 0 aliphatic heterocycles. The summed E-state index contributed by atoms with van der Waals surface area (Å²) in [6, 6.07) is 9.52. The van der Waals surface area contributed by atoms with Crippen molar-refractivity contribution in [2.45, 2.75) is 20.1 Å². The summed E-state index contributed by atoms with van der Waals surface area (Å²) < 4.78 is 7.78. The summed E-state index contributed by atoms with van der Waals surface area (Å²) in [5, 5.41) is 0. The molecular formula is C17H15N3O4. The number of pyridine rings is 2. The van der Waals surface area contributed by atoms with Gasteiger partial charge in [-0.3, -0.25) is 18.8 Å². The molecule has 0 saturated carbocycles. The molecule has 3 aromatic rings. The highest BCUT2D eigenvalue weighted by Gasteiger charge is 2.08. The number of esters is 1. The highest BCUT2D eigenvalue weighted by Crippen LogP contribution is 2.03. The van der Waals surface area contributed by atoms with Gasteiger partial charge < -0.3 is 9.30 Å². The predicted octanol–water partition coefficient (Wildman–Crippen LogP) is 0.908. The van der Waals surface area contributed by atoms with Gasteiger partial charge in [-0.25, -0.2) is 4.98 Å². The van der Waals surface area contributed by atoms with Crippen molar-refractivity contribution in [1.82, 2.24) is 14.0 Å². The normalized spacial score (nSPS) is 10.7. The summed E-state index contributed by atoms with van der Waals surface area (Å²) in [6.07, 6.45) is 3.20. The van der Waals surface area contributed by atoms with Gasteiger partial charge in [-0.15, -0.1) is 0 Å². The zero-order valence-electron chi connectivity index (χ0n) is 13.0. The van der Waals surface area contributed by atoms with Gasteiger partial charge in [0, 0.05) is 24.5 Å². The van der Waals surface area contributed by atoms with Crippen LogP contribution in [0.1, 0.15) is 11.3 Å². The monoisotopic (exact) mass is 325 g/mol. The number of aryl methyl sites for hydroxylation is 1. The number of rotatable bonds is 4. The van der Waals surface area contributed by atoms with Crippen LogP contribution in [0.3, 0.4) is 0 Å². The van der Waals surface area contributed by atoms with E-state index < -0.39 is 5.97 Å². The van der Waals surface area contributed by atoms with E-state index in [1.165, 1.54) is 27.3 Å². The lowest BCUT2D eigenvalue weighted by Crippen LogP contribution is -2.24. The Balaban J connectivity index is 1.73. The predicted molar refractivity (Wildman–Crippen MR) is 86.7 cm³/mol. The van der Waals surface area contributed by atoms with E-state index in [1.807, 2.05) is 13.0 Å². The minimum Gasteiger partial charge on any atom is -0.458 e. The summed E-state index contributed by atoms with van der Waals surface area (Å²) in [7, 11) is 0. The molecule has 3 rings (SSSR count). The van der Waals surface area contributed by atoms with Gasteiger partial charge in [-0.05, 0) is 24.6 Å². The molecule has 0 bridgehead atoms. The zero-order valence-corrected chi connectivity index (χ0v) is 13.0. The maximum Gasteiger partial charge on any atom is 0.326 e. The molecule has 0 unspecified atom stereocenters. The summed E-state index contributed by atoms with van der Waals surface area (Å²) in [5.41, 5.74) is 1.26. The molecule has 0 fully saturated rings. The number of fused-ring (bicyclic) bond motifs is 1. The lowest BCUT2D eigenvalue weighted by molar-refractivity contribution is -0.145. The quantitative estimate of drug-likeness (QED) is 0.666. The summed E-state index contributed by atoms with van der Waals surface area (Å²) in [4.78, 5) is 39.7.